The Hall–Kier alpha value is -2.96. The highest BCUT2D eigenvalue weighted by atomic mass is 35.5. The van der Waals surface area contributed by atoms with E-state index < -0.39 is 5.79 Å². The van der Waals surface area contributed by atoms with Gasteiger partial charge in [-0.3, -0.25) is 4.90 Å². The molecule has 6 rings (SSSR count). The van der Waals surface area contributed by atoms with E-state index in [1.54, 1.807) is 0 Å². The van der Waals surface area contributed by atoms with Crippen molar-refractivity contribution >= 4 is 11.6 Å². The molecule has 0 unspecified atom stereocenters. The van der Waals surface area contributed by atoms with Gasteiger partial charge in [0, 0.05) is 25.2 Å². The van der Waals surface area contributed by atoms with E-state index in [2.05, 4.69) is 57.3 Å². The van der Waals surface area contributed by atoms with Crippen molar-refractivity contribution < 1.29 is 9.47 Å². The molecule has 2 aliphatic heterocycles. The van der Waals surface area contributed by atoms with Gasteiger partial charge in [0.25, 0.3) is 0 Å². The first-order valence-corrected chi connectivity index (χ1v) is 13.3. The Bertz CT molecular complexity index is 1400. The van der Waals surface area contributed by atoms with E-state index in [-0.39, 0.29) is 6.10 Å². The lowest BCUT2D eigenvalue weighted by Gasteiger charge is -2.31. The number of aromatic amines is 1. The summed E-state index contributed by atoms with van der Waals surface area (Å²) in [5.74, 6) is 0.319. The number of imidazole rings is 1. The first-order chi connectivity index (χ1) is 17.9. The van der Waals surface area contributed by atoms with Crippen LogP contribution in [-0.2, 0) is 28.9 Å². The van der Waals surface area contributed by atoms with E-state index in [4.69, 9.17) is 21.1 Å². The highest BCUT2D eigenvalue weighted by Gasteiger charge is 2.34. The Morgan fingerprint density at radius 3 is 2.76 bits per heavy atom. The minimum atomic E-state index is -0.471. The third kappa shape index (κ3) is 5.36. The van der Waals surface area contributed by atoms with Gasteiger partial charge in [0.2, 0.25) is 0 Å². The summed E-state index contributed by atoms with van der Waals surface area (Å²) in [6.07, 6.45) is 3.92. The molecule has 0 amide bonds. The SMILES string of the molecule is CC1(C)OC[C@H](CN2CCc3c(Cc4ccc(Cl)c(-c5ncc(-c6ccccc6)[nH]5)c4)cccc3C2)O1. The van der Waals surface area contributed by atoms with Gasteiger partial charge in [-0.05, 0) is 66.6 Å². The maximum Gasteiger partial charge on any atom is 0.163 e. The van der Waals surface area contributed by atoms with Gasteiger partial charge in [0.05, 0.1) is 29.6 Å². The summed E-state index contributed by atoms with van der Waals surface area (Å²) in [5.41, 5.74) is 8.52. The number of H-pyrrole nitrogens is 1. The number of hydrogen-bond acceptors (Lipinski definition) is 4. The molecule has 5 nitrogen and oxygen atoms in total. The summed E-state index contributed by atoms with van der Waals surface area (Å²) in [4.78, 5) is 10.6. The summed E-state index contributed by atoms with van der Waals surface area (Å²) in [7, 11) is 0. The van der Waals surface area contributed by atoms with Crippen LogP contribution in [0.15, 0.2) is 72.9 Å². The fraction of sp³-hybridized carbons (Fsp3) is 0.323. The number of aromatic nitrogens is 2. The summed E-state index contributed by atoms with van der Waals surface area (Å²) in [6, 6.07) is 23.2. The van der Waals surface area contributed by atoms with Gasteiger partial charge >= 0.3 is 0 Å². The van der Waals surface area contributed by atoms with E-state index in [1.807, 2.05) is 44.3 Å². The Morgan fingerprint density at radius 2 is 1.95 bits per heavy atom. The summed E-state index contributed by atoms with van der Waals surface area (Å²) < 4.78 is 11.8. The van der Waals surface area contributed by atoms with Crippen LogP contribution in [0.25, 0.3) is 22.6 Å². The Morgan fingerprint density at radius 1 is 1.08 bits per heavy atom. The average molecular weight is 514 g/mol. The molecule has 1 atom stereocenters. The Kier molecular flexibility index (Phi) is 6.63. The molecular formula is C31H32ClN3O2. The summed E-state index contributed by atoms with van der Waals surface area (Å²) in [6.45, 7) is 7.52. The molecule has 3 aromatic carbocycles. The topological polar surface area (TPSA) is 50.4 Å². The van der Waals surface area contributed by atoms with Gasteiger partial charge < -0.3 is 14.5 Å². The first-order valence-electron chi connectivity index (χ1n) is 13.0. The smallest absolute Gasteiger partial charge is 0.163 e. The van der Waals surface area contributed by atoms with Crippen molar-refractivity contribution in [1.29, 1.82) is 0 Å². The largest absolute Gasteiger partial charge is 0.348 e. The van der Waals surface area contributed by atoms with Crippen LogP contribution in [0.4, 0.5) is 0 Å². The monoisotopic (exact) mass is 513 g/mol. The maximum absolute atomic E-state index is 6.62. The standard InChI is InChI=1S/C31H32ClN3O2/c1-31(2)36-20-25(37-31)19-35-14-13-26-23(9-6-10-24(26)18-35)15-21-11-12-28(32)27(16-21)30-33-17-29(34-30)22-7-4-3-5-8-22/h3-12,16-17,25H,13-15,18-20H2,1-2H3,(H,33,34)/t25-/m0/s1. The number of benzene rings is 3. The molecular weight excluding hydrogens is 482 g/mol. The lowest BCUT2D eigenvalue weighted by atomic mass is 9.90. The quantitative estimate of drug-likeness (QED) is 0.320. The molecule has 37 heavy (non-hydrogen) atoms. The number of ether oxygens (including phenoxy) is 2. The first kappa shape index (κ1) is 24.4. The maximum atomic E-state index is 6.62. The lowest BCUT2D eigenvalue weighted by molar-refractivity contribution is -0.140. The normalized spacial score (nSPS) is 19.2. The van der Waals surface area contributed by atoms with Gasteiger partial charge in [-0.2, -0.15) is 0 Å². The zero-order valence-electron chi connectivity index (χ0n) is 21.3. The van der Waals surface area contributed by atoms with Crippen molar-refractivity contribution in [3.8, 4) is 22.6 Å². The van der Waals surface area contributed by atoms with E-state index in [1.165, 1.54) is 22.3 Å². The molecule has 1 fully saturated rings. The molecule has 1 aromatic heterocycles. The van der Waals surface area contributed by atoms with Crippen LogP contribution in [-0.4, -0.2) is 46.5 Å². The number of rotatable bonds is 6. The second kappa shape index (κ2) is 10.1. The average Bonchev–Trinajstić information content (AvgIpc) is 3.52. The number of fused-ring (bicyclic) bond motifs is 1. The zero-order valence-corrected chi connectivity index (χ0v) is 22.1. The second-order valence-electron chi connectivity index (χ2n) is 10.5. The zero-order chi connectivity index (χ0) is 25.4. The van der Waals surface area contributed by atoms with Crippen molar-refractivity contribution in [2.75, 3.05) is 19.7 Å². The van der Waals surface area contributed by atoms with Crippen LogP contribution in [0.5, 0.6) is 0 Å². The molecule has 0 spiro atoms. The van der Waals surface area contributed by atoms with E-state index >= 15 is 0 Å². The van der Waals surface area contributed by atoms with Gasteiger partial charge in [0.1, 0.15) is 5.82 Å². The van der Waals surface area contributed by atoms with Crippen LogP contribution in [0, 0.1) is 0 Å². The van der Waals surface area contributed by atoms with Gasteiger partial charge in [0.15, 0.2) is 5.79 Å². The molecule has 0 bridgehead atoms. The second-order valence-corrected chi connectivity index (χ2v) is 10.9. The van der Waals surface area contributed by atoms with Crippen LogP contribution >= 0.6 is 11.6 Å². The number of nitrogens with one attached hydrogen (secondary N) is 1. The third-order valence-corrected chi connectivity index (χ3v) is 7.64. The summed E-state index contributed by atoms with van der Waals surface area (Å²) in [5, 5.41) is 0.699. The predicted octanol–water partition coefficient (Wildman–Crippen LogP) is 6.50. The Labute approximate surface area is 223 Å². The Balaban J connectivity index is 1.19. The molecule has 1 saturated heterocycles. The molecule has 1 N–H and O–H groups in total. The highest BCUT2D eigenvalue weighted by molar-refractivity contribution is 6.33. The van der Waals surface area contributed by atoms with Crippen molar-refractivity contribution in [2.24, 2.45) is 0 Å². The van der Waals surface area contributed by atoms with Crippen LogP contribution in [0.1, 0.15) is 36.1 Å². The van der Waals surface area contributed by atoms with Crippen molar-refractivity contribution in [3.05, 3.63) is 100 Å². The van der Waals surface area contributed by atoms with E-state index in [0.29, 0.717) is 11.6 Å². The molecule has 6 heteroatoms. The highest BCUT2D eigenvalue weighted by Crippen LogP contribution is 2.31. The molecule has 0 saturated carbocycles. The fourth-order valence-electron chi connectivity index (χ4n) is 5.52. The fourth-order valence-corrected chi connectivity index (χ4v) is 5.72. The van der Waals surface area contributed by atoms with Crippen LogP contribution in [0.3, 0.4) is 0 Å². The molecule has 2 aliphatic rings. The third-order valence-electron chi connectivity index (χ3n) is 7.31. The van der Waals surface area contributed by atoms with E-state index in [9.17, 15) is 0 Å². The molecule has 3 heterocycles. The van der Waals surface area contributed by atoms with Gasteiger partial charge in [-0.15, -0.1) is 0 Å². The molecule has 4 aromatic rings. The van der Waals surface area contributed by atoms with Gasteiger partial charge in [-0.1, -0.05) is 66.2 Å². The van der Waals surface area contributed by atoms with Crippen molar-refractivity contribution in [2.45, 2.75) is 45.1 Å². The minimum Gasteiger partial charge on any atom is -0.348 e. The summed E-state index contributed by atoms with van der Waals surface area (Å²) >= 11 is 6.62. The van der Waals surface area contributed by atoms with Gasteiger partial charge in [-0.25, -0.2) is 4.98 Å². The minimum absolute atomic E-state index is 0.135. The molecule has 190 valence electrons. The predicted molar refractivity (Wildman–Crippen MR) is 148 cm³/mol. The number of nitrogens with zero attached hydrogens (tertiary/aromatic N) is 2. The molecule has 0 aliphatic carbocycles. The van der Waals surface area contributed by atoms with Crippen LogP contribution < -0.4 is 0 Å². The lowest BCUT2D eigenvalue weighted by Crippen LogP contribution is -2.38. The van der Waals surface area contributed by atoms with Crippen molar-refractivity contribution in [1.82, 2.24) is 14.9 Å². The number of halogens is 1. The van der Waals surface area contributed by atoms with Crippen LogP contribution in [0.2, 0.25) is 5.02 Å². The number of hydrogen-bond donors (Lipinski definition) is 1. The van der Waals surface area contributed by atoms with Crippen molar-refractivity contribution in [3.63, 3.8) is 0 Å². The molecule has 0 radical (unpaired) electrons. The van der Waals surface area contributed by atoms with E-state index in [0.717, 1.165) is 55.1 Å².